The van der Waals surface area contributed by atoms with Crippen molar-refractivity contribution in [2.75, 3.05) is 20.8 Å². The van der Waals surface area contributed by atoms with Crippen molar-refractivity contribution >= 4 is 11.8 Å². The first-order valence-corrected chi connectivity index (χ1v) is 10.1. The fraction of sp³-hybridized carbons (Fsp3) is 0.391. The van der Waals surface area contributed by atoms with Crippen molar-refractivity contribution in [2.24, 2.45) is 5.73 Å². The number of amides is 2. The number of ether oxygens (including phenoxy) is 3. The first-order chi connectivity index (χ1) is 14.5. The van der Waals surface area contributed by atoms with Gasteiger partial charge in [0.15, 0.2) is 18.1 Å². The summed E-state index contributed by atoms with van der Waals surface area (Å²) >= 11 is 0. The van der Waals surface area contributed by atoms with E-state index in [9.17, 15) is 9.59 Å². The predicted molar refractivity (Wildman–Crippen MR) is 111 cm³/mol. The van der Waals surface area contributed by atoms with Gasteiger partial charge in [-0.15, -0.1) is 0 Å². The molecule has 1 atom stereocenters. The fourth-order valence-corrected chi connectivity index (χ4v) is 4.18. The summed E-state index contributed by atoms with van der Waals surface area (Å²) in [6.45, 7) is -0.312. The molecule has 1 unspecified atom stereocenters. The van der Waals surface area contributed by atoms with Crippen LogP contribution in [0.1, 0.15) is 46.8 Å². The average molecular weight is 410 g/mol. The quantitative estimate of drug-likeness (QED) is 0.723. The van der Waals surface area contributed by atoms with E-state index in [0.29, 0.717) is 17.1 Å². The summed E-state index contributed by atoms with van der Waals surface area (Å²) in [5.41, 5.74) is 8.19. The second kappa shape index (κ2) is 8.26. The molecule has 0 radical (unpaired) electrons. The van der Waals surface area contributed by atoms with Crippen molar-refractivity contribution in [2.45, 2.75) is 37.8 Å². The molecule has 2 N–H and O–H groups in total. The highest BCUT2D eigenvalue weighted by atomic mass is 16.5. The van der Waals surface area contributed by atoms with Crippen LogP contribution in [0.2, 0.25) is 0 Å². The van der Waals surface area contributed by atoms with Crippen LogP contribution < -0.4 is 19.9 Å². The second-order valence-corrected chi connectivity index (χ2v) is 7.66. The molecule has 7 nitrogen and oxygen atoms in total. The summed E-state index contributed by atoms with van der Waals surface area (Å²) in [6, 6.07) is 11.9. The molecule has 1 fully saturated rings. The number of nitrogens with two attached hydrogens (primary N) is 1. The number of nitrogens with zero attached hydrogens (tertiary/aromatic N) is 1. The zero-order valence-corrected chi connectivity index (χ0v) is 17.2. The van der Waals surface area contributed by atoms with Crippen LogP contribution >= 0.6 is 0 Å². The number of benzene rings is 2. The summed E-state index contributed by atoms with van der Waals surface area (Å²) in [4.78, 5) is 26.8. The maximum atomic E-state index is 13.6. The largest absolute Gasteiger partial charge is 0.493 e. The molecule has 4 rings (SSSR count). The van der Waals surface area contributed by atoms with Crippen LogP contribution in [-0.2, 0) is 11.2 Å². The number of rotatable bonds is 8. The lowest BCUT2D eigenvalue weighted by atomic mass is 10.0. The maximum absolute atomic E-state index is 13.6. The molecule has 0 heterocycles. The molecule has 0 saturated heterocycles. The van der Waals surface area contributed by atoms with Gasteiger partial charge in [-0.25, -0.2) is 0 Å². The molecule has 2 aromatic rings. The van der Waals surface area contributed by atoms with E-state index in [1.807, 2.05) is 17.0 Å². The molecule has 2 aliphatic rings. The van der Waals surface area contributed by atoms with Crippen LogP contribution in [0, 0.1) is 0 Å². The van der Waals surface area contributed by atoms with E-state index in [2.05, 4.69) is 12.1 Å². The number of hydrogen-bond donors (Lipinski definition) is 1. The Morgan fingerprint density at radius 1 is 1.07 bits per heavy atom. The van der Waals surface area contributed by atoms with Crippen molar-refractivity contribution < 1.29 is 23.8 Å². The van der Waals surface area contributed by atoms with Crippen LogP contribution in [-0.4, -0.2) is 43.6 Å². The molecular weight excluding hydrogens is 384 g/mol. The first-order valence-electron chi connectivity index (χ1n) is 10.1. The molecule has 7 heteroatoms. The smallest absolute Gasteiger partial charge is 0.255 e. The van der Waals surface area contributed by atoms with Gasteiger partial charge < -0.3 is 24.8 Å². The first kappa shape index (κ1) is 20.1. The van der Waals surface area contributed by atoms with Gasteiger partial charge >= 0.3 is 0 Å². The summed E-state index contributed by atoms with van der Waals surface area (Å²) in [5.74, 6) is 0.221. The van der Waals surface area contributed by atoms with Crippen LogP contribution in [0.4, 0.5) is 0 Å². The second-order valence-electron chi connectivity index (χ2n) is 7.66. The Hall–Kier alpha value is -3.22. The van der Waals surface area contributed by atoms with Gasteiger partial charge in [0.1, 0.15) is 0 Å². The Kier molecular flexibility index (Phi) is 5.53. The number of methoxy groups -OCH3 is 2. The van der Waals surface area contributed by atoms with E-state index in [4.69, 9.17) is 19.9 Å². The number of aryl methyl sites for hydroxylation is 1. The number of primary amides is 1. The van der Waals surface area contributed by atoms with Gasteiger partial charge in [-0.3, -0.25) is 9.59 Å². The number of carbonyl (C=O) groups is 2. The normalized spacial score (nSPS) is 17.2. The van der Waals surface area contributed by atoms with Crippen LogP contribution in [0.15, 0.2) is 36.4 Å². The van der Waals surface area contributed by atoms with E-state index in [0.717, 1.165) is 25.7 Å². The van der Waals surface area contributed by atoms with Gasteiger partial charge in [0.25, 0.3) is 11.8 Å². The van der Waals surface area contributed by atoms with E-state index < -0.39 is 5.91 Å². The van der Waals surface area contributed by atoms with Crippen LogP contribution in [0.3, 0.4) is 0 Å². The Bertz CT molecular complexity index is 945. The SMILES string of the molecule is COc1cc(C(=O)N(C2CC2)C2CCc3ccccc32)cc(OC)c1OCC(N)=O. The van der Waals surface area contributed by atoms with Crippen molar-refractivity contribution in [3.05, 3.63) is 53.1 Å². The summed E-state index contributed by atoms with van der Waals surface area (Å²) in [5, 5.41) is 0. The number of carbonyl (C=O) groups excluding carboxylic acids is 2. The minimum atomic E-state index is -0.612. The van der Waals surface area contributed by atoms with Gasteiger partial charge in [-0.1, -0.05) is 24.3 Å². The molecule has 158 valence electrons. The van der Waals surface area contributed by atoms with Crippen molar-refractivity contribution in [3.8, 4) is 17.2 Å². The lowest BCUT2D eigenvalue weighted by Gasteiger charge is -2.30. The van der Waals surface area contributed by atoms with Gasteiger partial charge in [0.2, 0.25) is 5.75 Å². The third-order valence-corrected chi connectivity index (χ3v) is 5.68. The Labute approximate surface area is 175 Å². The number of fused-ring (bicyclic) bond motifs is 1. The third kappa shape index (κ3) is 3.79. The highest BCUT2D eigenvalue weighted by molar-refractivity contribution is 5.96. The molecular formula is C23H26N2O5. The lowest BCUT2D eigenvalue weighted by molar-refractivity contribution is -0.120. The highest BCUT2D eigenvalue weighted by Gasteiger charge is 2.41. The van der Waals surface area contributed by atoms with Gasteiger partial charge in [-0.05, 0) is 48.9 Å². The molecule has 2 aliphatic carbocycles. The van der Waals surface area contributed by atoms with Crippen molar-refractivity contribution in [3.63, 3.8) is 0 Å². The summed E-state index contributed by atoms with van der Waals surface area (Å²) in [7, 11) is 2.96. The predicted octanol–water partition coefficient (Wildman–Crippen LogP) is 2.86. The average Bonchev–Trinajstić information content (AvgIpc) is 3.50. The molecule has 0 bridgehead atoms. The zero-order chi connectivity index (χ0) is 21.3. The maximum Gasteiger partial charge on any atom is 0.255 e. The minimum absolute atomic E-state index is 0.0581. The highest BCUT2D eigenvalue weighted by Crippen LogP contribution is 2.44. The summed E-state index contributed by atoms with van der Waals surface area (Å²) in [6.07, 6.45) is 3.93. The molecule has 2 aromatic carbocycles. The lowest BCUT2D eigenvalue weighted by Crippen LogP contribution is -2.36. The topological polar surface area (TPSA) is 91.1 Å². The van der Waals surface area contributed by atoms with Crippen molar-refractivity contribution in [1.29, 1.82) is 0 Å². The zero-order valence-electron chi connectivity index (χ0n) is 17.2. The molecule has 0 spiro atoms. The monoisotopic (exact) mass is 410 g/mol. The summed E-state index contributed by atoms with van der Waals surface area (Å²) < 4.78 is 16.3. The molecule has 0 aliphatic heterocycles. The van der Waals surface area contributed by atoms with Crippen LogP contribution in [0.25, 0.3) is 0 Å². The van der Waals surface area contributed by atoms with E-state index >= 15 is 0 Å². The van der Waals surface area contributed by atoms with Gasteiger partial charge in [-0.2, -0.15) is 0 Å². The fourth-order valence-electron chi connectivity index (χ4n) is 4.18. The third-order valence-electron chi connectivity index (χ3n) is 5.68. The Balaban J connectivity index is 1.68. The van der Waals surface area contributed by atoms with Crippen molar-refractivity contribution in [1.82, 2.24) is 4.90 Å². The molecule has 2 amide bonds. The van der Waals surface area contributed by atoms with Crippen LogP contribution in [0.5, 0.6) is 17.2 Å². The van der Waals surface area contributed by atoms with E-state index in [-0.39, 0.29) is 30.3 Å². The molecule has 30 heavy (non-hydrogen) atoms. The standard InChI is InChI=1S/C23H26N2O5/c1-28-19-11-15(12-20(29-2)22(19)30-13-21(24)26)23(27)25(16-8-9-16)18-10-7-14-5-3-4-6-17(14)18/h3-6,11-12,16,18H,7-10,13H2,1-2H3,(H2,24,26). The van der Waals surface area contributed by atoms with E-state index in [1.54, 1.807) is 12.1 Å². The minimum Gasteiger partial charge on any atom is -0.493 e. The Morgan fingerprint density at radius 2 is 1.73 bits per heavy atom. The molecule has 1 saturated carbocycles. The van der Waals surface area contributed by atoms with Gasteiger partial charge in [0, 0.05) is 11.6 Å². The molecule has 0 aromatic heterocycles. The Morgan fingerprint density at radius 3 is 2.33 bits per heavy atom. The number of hydrogen-bond acceptors (Lipinski definition) is 5. The van der Waals surface area contributed by atoms with Gasteiger partial charge in [0.05, 0.1) is 20.3 Å². The van der Waals surface area contributed by atoms with E-state index in [1.165, 1.54) is 25.3 Å².